The standard InChI is InChI=1S/C58H69N5O8S2/c1-36(38-15-17-40(18-16-38)53-37(2)59-35-72-53)60-56(69)48-32-45(66)34-63(48)57(70)55(58(3,4)5)61-50(67)14-9-7-6-8-10-29-62(42-12-11-13-42)30-31-71-46-26-21-39(22-27-46)52(68)51-47-28-25-44(65)33-49(47)73-54(51)41-19-23-43(64)24-20-41/h15-28,33,35-36,42,45,48,55,64-66H,6-14,29-32,34H2,1-5H3,(H,60,69)(H,61,67). The molecule has 8 rings (SSSR count). The summed E-state index contributed by atoms with van der Waals surface area (Å²) in [6.45, 7) is 11.9. The summed E-state index contributed by atoms with van der Waals surface area (Å²) in [4.78, 5) is 65.5. The van der Waals surface area contributed by atoms with Gasteiger partial charge in [-0.2, -0.15) is 0 Å². The van der Waals surface area contributed by atoms with Gasteiger partial charge in [-0.3, -0.25) is 24.1 Å². The molecule has 1 saturated carbocycles. The summed E-state index contributed by atoms with van der Waals surface area (Å²) in [6.07, 6.45) is 7.83. The van der Waals surface area contributed by atoms with E-state index in [-0.39, 0.29) is 54.0 Å². The zero-order valence-electron chi connectivity index (χ0n) is 42.6. The van der Waals surface area contributed by atoms with Crippen LogP contribution >= 0.6 is 22.7 Å². The van der Waals surface area contributed by atoms with Crippen molar-refractivity contribution < 1.29 is 39.2 Å². The number of fused-ring (bicyclic) bond motifs is 1. The molecule has 0 bridgehead atoms. The van der Waals surface area contributed by atoms with Crippen LogP contribution in [0.15, 0.2) is 96.5 Å². The Kier molecular flexibility index (Phi) is 17.4. The molecule has 1 saturated heterocycles. The SMILES string of the molecule is Cc1ncsc1-c1ccc(C(C)NC(=O)C2CC(O)CN2C(=O)C(NC(=O)CCCCCCCN(CCOc2ccc(C(=O)c3c(-c4ccc(O)cc4)sc4cc(O)ccc34)cc2)C2CCC2)C(C)(C)C)cc1. The molecule has 4 unspecified atom stereocenters. The van der Waals surface area contributed by atoms with Gasteiger partial charge in [0.05, 0.1) is 28.2 Å². The van der Waals surface area contributed by atoms with Gasteiger partial charge < -0.3 is 35.6 Å². The van der Waals surface area contributed by atoms with E-state index in [4.69, 9.17) is 4.74 Å². The Morgan fingerprint density at radius 3 is 2.18 bits per heavy atom. The van der Waals surface area contributed by atoms with Crippen molar-refractivity contribution in [2.24, 2.45) is 5.41 Å². The van der Waals surface area contributed by atoms with E-state index in [9.17, 15) is 34.5 Å². The number of carbonyl (C=O) groups excluding carboxylic acids is 4. The van der Waals surface area contributed by atoms with Crippen molar-refractivity contribution >= 4 is 56.3 Å². The van der Waals surface area contributed by atoms with Crippen molar-refractivity contribution in [3.63, 3.8) is 0 Å². The predicted molar refractivity (Wildman–Crippen MR) is 289 cm³/mol. The van der Waals surface area contributed by atoms with Gasteiger partial charge in [0.25, 0.3) is 0 Å². The van der Waals surface area contributed by atoms with Crippen LogP contribution in [0.2, 0.25) is 0 Å². The molecule has 5 N–H and O–H groups in total. The first-order valence-electron chi connectivity index (χ1n) is 25.7. The van der Waals surface area contributed by atoms with E-state index in [0.717, 1.165) is 81.0 Å². The number of likely N-dealkylation sites (tertiary alicyclic amines) is 1. The van der Waals surface area contributed by atoms with Crippen LogP contribution in [-0.4, -0.2) is 104 Å². The lowest BCUT2D eigenvalue weighted by Gasteiger charge is -2.37. The fraction of sp³-hybridized carbons (Fsp3) is 0.431. The van der Waals surface area contributed by atoms with Crippen LogP contribution in [0.5, 0.6) is 17.2 Å². The first-order valence-corrected chi connectivity index (χ1v) is 27.4. The van der Waals surface area contributed by atoms with E-state index < -0.39 is 23.6 Å². The molecule has 13 nitrogen and oxygen atoms in total. The predicted octanol–water partition coefficient (Wildman–Crippen LogP) is 10.6. The Morgan fingerprint density at radius 2 is 1.51 bits per heavy atom. The number of hydrogen-bond acceptors (Lipinski definition) is 12. The van der Waals surface area contributed by atoms with Crippen LogP contribution < -0.4 is 15.4 Å². The quantitative estimate of drug-likeness (QED) is 0.0324. The van der Waals surface area contributed by atoms with Crippen molar-refractivity contribution in [2.75, 3.05) is 26.2 Å². The Hall–Kier alpha value is -6.13. The number of unbranched alkanes of at least 4 members (excludes halogenated alkanes) is 4. The number of carbonyl (C=O) groups is 4. The number of aromatic hydroxyl groups is 2. The molecule has 1 aliphatic carbocycles. The number of amides is 3. The highest BCUT2D eigenvalue weighted by molar-refractivity contribution is 7.22. The molecule has 2 fully saturated rings. The third-order valence-corrected chi connectivity index (χ3v) is 16.5. The topological polar surface area (TPSA) is 182 Å². The molecular weight excluding hydrogens is 959 g/mol. The van der Waals surface area contributed by atoms with Crippen molar-refractivity contribution in [3.8, 4) is 38.1 Å². The maximum absolute atomic E-state index is 14.2. The van der Waals surface area contributed by atoms with Crippen LogP contribution in [0.4, 0.5) is 0 Å². The van der Waals surface area contributed by atoms with E-state index in [1.54, 1.807) is 65.9 Å². The molecule has 3 amide bonds. The molecule has 1 aliphatic heterocycles. The highest BCUT2D eigenvalue weighted by Gasteiger charge is 2.44. The van der Waals surface area contributed by atoms with Crippen molar-refractivity contribution in [1.29, 1.82) is 0 Å². The number of aliphatic hydroxyl groups is 1. The van der Waals surface area contributed by atoms with Gasteiger partial charge >= 0.3 is 0 Å². The normalized spacial score (nSPS) is 16.8. The molecule has 6 aromatic rings. The lowest BCUT2D eigenvalue weighted by molar-refractivity contribution is -0.144. The number of phenolic OH excluding ortho intramolecular Hbond substituents is 2. The first-order chi connectivity index (χ1) is 35.0. The molecule has 73 heavy (non-hydrogen) atoms. The van der Waals surface area contributed by atoms with E-state index in [1.165, 1.54) is 35.5 Å². The number of rotatable bonds is 22. The third-order valence-electron chi connectivity index (χ3n) is 14.3. The van der Waals surface area contributed by atoms with Crippen LogP contribution in [0.1, 0.15) is 125 Å². The second kappa shape index (κ2) is 23.8. The number of thiophene rings is 1. The largest absolute Gasteiger partial charge is 0.508 e. The smallest absolute Gasteiger partial charge is 0.246 e. The fourth-order valence-electron chi connectivity index (χ4n) is 9.86. The molecule has 386 valence electrons. The summed E-state index contributed by atoms with van der Waals surface area (Å²) in [5, 5.41) is 37.6. The molecule has 0 spiro atoms. The number of nitrogens with one attached hydrogen (secondary N) is 2. The van der Waals surface area contributed by atoms with Gasteiger partial charge in [0.15, 0.2) is 5.78 Å². The number of β-amino-alcohol motifs (C(OH)–C–C–N with tert-alkyl or cyclic N) is 1. The maximum atomic E-state index is 14.2. The lowest BCUT2D eigenvalue weighted by atomic mass is 9.85. The molecule has 0 radical (unpaired) electrons. The van der Waals surface area contributed by atoms with Crippen LogP contribution in [0.25, 0.3) is 31.0 Å². The third kappa shape index (κ3) is 13.2. The number of hydrogen-bond donors (Lipinski definition) is 5. The van der Waals surface area contributed by atoms with Crippen molar-refractivity contribution in [1.82, 2.24) is 25.4 Å². The number of aliphatic hydroxyl groups excluding tert-OH is 1. The number of benzene rings is 4. The Balaban J connectivity index is 0.761. The lowest BCUT2D eigenvalue weighted by Crippen LogP contribution is -2.57. The van der Waals surface area contributed by atoms with Gasteiger partial charge in [-0.15, -0.1) is 22.7 Å². The Bertz CT molecular complexity index is 2850. The zero-order chi connectivity index (χ0) is 51.8. The highest BCUT2D eigenvalue weighted by atomic mass is 32.1. The molecule has 2 aliphatic rings. The molecule has 4 atom stereocenters. The van der Waals surface area contributed by atoms with E-state index in [2.05, 4.69) is 20.5 Å². The minimum atomic E-state index is -0.868. The summed E-state index contributed by atoms with van der Waals surface area (Å²) in [5.74, 6) is -0.0600. The zero-order valence-corrected chi connectivity index (χ0v) is 44.2. The fourth-order valence-corrected chi connectivity index (χ4v) is 11.9. The average molecular weight is 1030 g/mol. The second-order valence-corrected chi connectivity index (χ2v) is 22.7. The van der Waals surface area contributed by atoms with Crippen LogP contribution in [-0.2, 0) is 14.4 Å². The minimum absolute atomic E-state index is 0.0219. The summed E-state index contributed by atoms with van der Waals surface area (Å²) < 4.78 is 7.01. The average Bonchev–Trinajstić information content (AvgIpc) is 4.08. The summed E-state index contributed by atoms with van der Waals surface area (Å²) >= 11 is 3.02. The Morgan fingerprint density at radius 1 is 0.836 bits per heavy atom. The summed E-state index contributed by atoms with van der Waals surface area (Å²) in [7, 11) is 0. The van der Waals surface area contributed by atoms with Crippen molar-refractivity contribution in [2.45, 2.75) is 129 Å². The molecule has 2 aromatic heterocycles. The van der Waals surface area contributed by atoms with Gasteiger partial charge in [-0.1, -0.05) is 70.7 Å². The number of ether oxygens (including phenoxy) is 1. The van der Waals surface area contributed by atoms with Crippen LogP contribution in [0, 0.1) is 12.3 Å². The number of ketones is 1. The molecule has 4 aromatic carbocycles. The molecule has 15 heteroatoms. The molecule has 3 heterocycles. The number of nitrogens with zero attached hydrogens (tertiary/aromatic N) is 3. The maximum Gasteiger partial charge on any atom is 0.246 e. The second-order valence-electron chi connectivity index (χ2n) is 20.8. The monoisotopic (exact) mass is 1030 g/mol. The summed E-state index contributed by atoms with van der Waals surface area (Å²) in [5.41, 5.74) is 6.04. The van der Waals surface area contributed by atoms with Gasteiger partial charge in [-0.25, -0.2) is 4.98 Å². The van der Waals surface area contributed by atoms with Gasteiger partial charge in [0.1, 0.15) is 35.9 Å². The van der Waals surface area contributed by atoms with E-state index in [1.807, 2.05) is 76.5 Å². The molecular formula is C58H69N5O8S2. The van der Waals surface area contributed by atoms with E-state index >= 15 is 0 Å². The number of phenols is 2. The van der Waals surface area contributed by atoms with Gasteiger partial charge in [0, 0.05) is 58.1 Å². The van der Waals surface area contributed by atoms with Gasteiger partial charge in [0.2, 0.25) is 17.7 Å². The Labute approximate surface area is 436 Å². The first kappa shape index (κ1) is 53.2. The number of aromatic nitrogens is 1. The van der Waals surface area contributed by atoms with Gasteiger partial charge in [-0.05, 0) is 135 Å². The summed E-state index contributed by atoms with van der Waals surface area (Å²) in [6, 6.07) is 25.6. The van der Waals surface area contributed by atoms with Crippen LogP contribution in [0.3, 0.4) is 0 Å². The number of aryl methyl sites for hydroxylation is 1. The number of thiazole rings is 1. The minimum Gasteiger partial charge on any atom is -0.508 e. The van der Waals surface area contributed by atoms with E-state index in [0.29, 0.717) is 42.4 Å². The van der Waals surface area contributed by atoms with Crippen molar-refractivity contribution in [3.05, 3.63) is 119 Å². The highest BCUT2D eigenvalue weighted by Crippen LogP contribution is 2.42.